The molecule has 1 atom stereocenters. The first-order valence-corrected chi connectivity index (χ1v) is 9.58. The minimum atomic E-state index is -0.100. The summed E-state index contributed by atoms with van der Waals surface area (Å²) in [5.74, 6) is 1.36. The number of nitrogens with one attached hydrogen (secondary N) is 1. The number of ether oxygens (including phenoxy) is 1. The zero-order valence-corrected chi connectivity index (χ0v) is 15.9. The number of piperidine rings is 2. The van der Waals surface area contributed by atoms with Gasteiger partial charge in [0.1, 0.15) is 11.9 Å². The van der Waals surface area contributed by atoms with E-state index >= 15 is 0 Å². The molecule has 1 unspecified atom stereocenters. The Kier molecular flexibility index (Phi) is 4.63. The second-order valence-electron chi connectivity index (χ2n) is 7.94. The number of nitrogens with two attached hydrogens (primary N) is 1. The zero-order chi connectivity index (χ0) is 19.0. The summed E-state index contributed by atoms with van der Waals surface area (Å²) in [6.45, 7) is 6.79. The van der Waals surface area contributed by atoms with Crippen LogP contribution in [0.15, 0.2) is 6.20 Å². The summed E-state index contributed by atoms with van der Waals surface area (Å²) in [7, 11) is 0. The fraction of sp³-hybridized carbons (Fsp3) is 0.667. The van der Waals surface area contributed by atoms with E-state index in [0.29, 0.717) is 23.6 Å². The van der Waals surface area contributed by atoms with E-state index in [0.717, 1.165) is 51.1 Å². The number of aromatic amines is 1. The minimum absolute atomic E-state index is 0.0695. The Hall–Kier alpha value is -2.42. The van der Waals surface area contributed by atoms with Crippen molar-refractivity contribution in [2.24, 2.45) is 5.73 Å². The highest BCUT2D eigenvalue weighted by atomic mass is 16.5. The molecule has 0 spiro atoms. The van der Waals surface area contributed by atoms with E-state index in [4.69, 9.17) is 10.5 Å². The third-order valence-corrected chi connectivity index (χ3v) is 5.56. The van der Waals surface area contributed by atoms with Crippen molar-refractivity contribution in [2.45, 2.75) is 51.2 Å². The van der Waals surface area contributed by atoms with Gasteiger partial charge in [-0.15, -0.1) is 5.10 Å². The standard InChI is InChI=1S/C18H27N7O2/c1-12(26)25-7-3-4-13(11-25)27-17-15-16(22-23-17)21-14(10-20-15)24-8-5-18(2,19)6-9-24/h10,13H,3-9,11,19H2,1-2H3,(H,21,22,23). The molecule has 2 aromatic heterocycles. The molecular formula is C18H27N7O2. The third kappa shape index (κ3) is 3.83. The SMILES string of the molecule is CC(=O)N1CCCC(Oc2n[nH]c3nc(N4CCC(C)(N)CC4)cnc23)C1. The Morgan fingerprint density at radius 1 is 1.37 bits per heavy atom. The highest BCUT2D eigenvalue weighted by molar-refractivity contribution is 5.77. The van der Waals surface area contributed by atoms with E-state index in [1.165, 1.54) is 0 Å². The van der Waals surface area contributed by atoms with Gasteiger partial charge >= 0.3 is 0 Å². The second kappa shape index (κ2) is 6.95. The van der Waals surface area contributed by atoms with Crippen molar-refractivity contribution in [1.82, 2.24) is 25.1 Å². The number of carbonyl (C=O) groups excluding carboxylic acids is 1. The summed E-state index contributed by atoms with van der Waals surface area (Å²) in [4.78, 5) is 24.8. The van der Waals surface area contributed by atoms with Crippen molar-refractivity contribution < 1.29 is 9.53 Å². The normalized spacial score (nSPS) is 22.9. The van der Waals surface area contributed by atoms with Gasteiger partial charge < -0.3 is 20.3 Å². The van der Waals surface area contributed by atoms with Crippen LogP contribution in [-0.4, -0.2) is 68.8 Å². The topological polar surface area (TPSA) is 113 Å². The highest BCUT2D eigenvalue weighted by Crippen LogP contribution is 2.27. The van der Waals surface area contributed by atoms with Gasteiger partial charge in [-0.3, -0.25) is 9.89 Å². The largest absolute Gasteiger partial charge is 0.470 e. The van der Waals surface area contributed by atoms with Crippen LogP contribution in [0.4, 0.5) is 5.82 Å². The number of amides is 1. The molecule has 0 aliphatic carbocycles. The first-order chi connectivity index (χ1) is 12.9. The number of carbonyl (C=O) groups is 1. The van der Waals surface area contributed by atoms with Gasteiger partial charge in [0.15, 0.2) is 11.2 Å². The summed E-state index contributed by atoms with van der Waals surface area (Å²) in [5, 5.41) is 7.18. The molecular weight excluding hydrogens is 346 g/mol. The molecule has 2 fully saturated rings. The lowest BCUT2D eigenvalue weighted by molar-refractivity contribution is -0.131. The average Bonchev–Trinajstić information content (AvgIpc) is 3.04. The number of aromatic nitrogens is 4. The van der Waals surface area contributed by atoms with E-state index in [2.05, 4.69) is 32.0 Å². The molecule has 146 valence electrons. The third-order valence-electron chi connectivity index (χ3n) is 5.56. The Morgan fingerprint density at radius 3 is 2.89 bits per heavy atom. The van der Waals surface area contributed by atoms with Gasteiger partial charge in [-0.05, 0) is 32.6 Å². The summed E-state index contributed by atoms with van der Waals surface area (Å²) < 4.78 is 6.03. The van der Waals surface area contributed by atoms with Gasteiger partial charge in [-0.1, -0.05) is 0 Å². The van der Waals surface area contributed by atoms with E-state index < -0.39 is 0 Å². The van der Waals surface area contributed by atoms with Crippen LogP contribution in [0.2, 0.25) is 0 Å². The van der Waals surface area contributed by atoms with E-state index in [1.807, 2.05) is 4.90 Å². The highest BCUT2D eigenvalue weighted by Gasteiger charge is 2.28. The zero-order valence-electron chi connectivity index (χ0n) is 15.9. The van der Waals surface area contributed by atoms with Crippen LogP contribution < -0.4 is 15.4 Å². The Bertz CT molecular complexity index is 824. The molecule has 9 nitrogen and oxygen atoms in total. The number of nitrogens with zero attached hydrogens (tertiary/aromatic N) is 5. The smallest absolute Gasteiger partial charge is 0.261 e. The number of H-pyrrole nitrogens is 1. The maximum absolute atomic E-state index is 11.6. The molecule has 0 bridgehead atoms. The van der Waals surface area contributed by atoms with Gasteiger partial charge in [0.2, 0.25) is 5.91 Å². The molecule has 1 amide bonds. The predicted molar refractivity (Wildman–Crippen MR) is 102 cm³/mol. The molecule has 4 heterocycles. The number of hydrogen-bond acceptors (Lipinski definition) is 7. The number of rotatable bonds is 3. The molecule has 3 N–H and O–H groups in total. The minimum Gasteiger partial charge on any atom is -0.470 e. The molecule has 0 radical (unpaired) electrons. The van der Waals surface area contributed by atoms with E-state index in [9.17, 15) is 4.79 Å². The lowest BCUT2D eigenvalue weighted by Gasteiger charge is -2.37. The van der Waals surface area contributed by atoms with Crippen molar-refractivity contribution in [3.05, 3.63) is 6.20 Å². The van der Waals surface area contributed by atoms with Crippen molar-refractivity contribution in [2.75, 3.05) is 31.1 Å². The van der Waals surface area contributed by atoms with Gasteiger partial charge in [-0.2, -0.15) is 0 Å². The summed E-state index contributed by atoms with van der Waals surface area (Å²) in [6.07, 6.45) is 5.39. The molecule has 4 rings (SSSR count). The second-order valence-corrected chi connectivity index (χ2v) is 7.94. The molecule has 2 aliphatic heterocycles. The van der Waals surface area contributed by atoms with Crippen LogP contribution in [0.1, 0.15) is 39.5 Å². The fourth-order valence-corrected chi connectivity index (χ4v) is 3.73. The Labute approximate surface area is 158 Å². The number of fused-ring (bicyclic) bond motifs is 1. The summed E-state index contributed by atoms with van der Waals surface area (Å²) in [6, 6.07) is 0. The summed E-state index contributed by atoms with van der Waals surface area (Å²) >= 11 is 0. The van der Waals surface area contributed by atoms with Crippen molar-refractivity contribution in [1.29, 1.82) is 0 Å². The fourth-order valence-electron chi connectivity index (χ4n) is 3.73. The first kappa shape index (κ1) is 18.0. The average molecular weight is 373 g/mol. The molecule has 0 saturated carbocycles. The molecule has 0 aromatic carbocycles. The lowest BCUT2D eigenvalue weighted by Crippen LogP contribution is -2.48. The number of likely N-dealkylation sites (tertiary alicyclic amines) is 1. The number of anilines is 1. The molecule has 2 aliphatic rings. The van der Waals surface area contributed by atoms with Crippen LogP contribution in [0, 0.1) is 0 Å². The monoisotopic (exact) mass is 373 g/mol. The Balaban J connectivity index is 1.47. The van der Waals surface area contributed by atoms with Crippen LogP contribution >= 0.6 is 0 Å². The van der Waals surface area contributed by atoms with Crippen molar-refractivity contribution >= 4 is 22.9 Å². The van der Waals surface area contributed by atoms with Gasteiger partial charge in [0.05, 0.1) is 12.7 Å². The van der Waals surface area contributed by atoms with Crippen molar-refractivity contribution in [3.8, 4) is 5.88 Å². The molecule has 27 heavy (non-hydrogen) atoms. The molecule has 2 aromatic rings. The quantitative estimate of drug-likeness (QED) is 0.827. The van der Waals surface area contributed by atoms with Gasteiger partial charge in [-0.25, -0.2) is 9.97 Å². The van der Waals surface area contributed by atoms with E-state index in [1.54, 1.807) is 13.1 Å². The maximum Gasteiger partial charge on any atom is 0.261 e. The first-order valence-electron chi connectivity index (χ1n) is 9.58. The summed E-state index contributed by atoms with van der Waals surface area (Å²) in [5.41, 5.74) is 7.35. The predicted octanol–water partition coefficient (Wildman–Crippen LogP) is 1.06. The van der Waals surface area contributed by atoms with Crippen LogP contribution in [0.3, 0.4) is 0 Å². The van der Waals surface area contributed by atoms with E-state index in [-0.39, 0.29) is 17.6 Å². The van der Waals surface area contributed by atoms with Crippen LogP contribution in [0.5, 0.6) is 5.88 Å². The Morgan fingerprint density at radius 2 is 2.15 bits per heavy atom. The lowest BCUT2D eigenvalue weighted by atomic mass is 9.91. The molecule has 2 saturated heterocycles. The van der Waals surface area contributed by atoms with Crippen molar-refractivity contribution in [3.63, 3.8) is 0 Å². The van der Waals surface area contributed by atoms with Crippen LogP contribution in [0.25, 0.3) is 11.2 Å². The maximum atomic E-state index is 11.6. The van der Waals surface area contributed by atoms with Gasteiger partial charge in [0, 0.05) is 32.1 Å². The van der Waals surface area contributed by atoms with Crippen LogP contribution in [-0.2, 0) is 4.79 Å². The number of hydrogen-bond donors (Lipinski definition) is 2. The molecule has 9 heteroatoms. The van der Waals surface area contributed by atoms with Gasteiger partial charge in [0.25, 0.3) is 5.88 Å².